The first-order chi connectivity index (χ1) is 13.2. The summed E-state index contributed by atoms with van der Waals surface area (Å²) in [6.07, 6.45) is 5.34. The van der Waals surface area contributed by atoms with Gasteiger partial charge in [0.15, 0.2) is 5.96 Å². The Kier molecular flexibility index (Phi) is 5.86. The second kappa shape index (κ2) is 8.51. The minimum atomic E-state index is 0.674. The smallest absolute Gasteiger partial charge is 0.191 e. The molecule has 1 aromatic rings. The van der Waals surface area contributed by atoms with Crippen LogP contribution in [-0.4, -0.2) is 61.6 Å². The van der Waals surface area contributed by atoms with Crippen molar-refractivity contribution in [3.63, 3.8) is 0 Å². The number of rotatable bonds is 5. The fraction of sp³-hybridized carbons (Fsp3) is 0.682. The number of nitrogens with zero attached hydrogens (tertiary/aromatic N) is 4. The number of aliphatic imine (C=N–C) groups is 1. The highest BCUT2D eigenvalue weighted by molar-refractivity contribution is 5.78. The van der Waals surface area contributed by atoms with E-state index < -0.39 is 0 Å². The standard InChI is InChI=1S/C22H35N5/c1-18-8-10-27(11-9-18)22(23)24-16-19-4-6-21(7-5-19)26-14-12-25(13-15-26)17-20-2-3-20/h4-7,18,20H,2-3,8-17H2,1H3,(H2,23,24). The Labute approximate surface area is 164 Å². The van der Waals surface area contributed by atoms with E-state index in [4.69, 9.17) is 5.73 Å². The summed E-state index contributed by atoms with van der Waals surface area (Å²) in [7, 11) is 0. The fourth-order valence-corrected chi connectivity index (χ4v) is 4.18. The van der Waals surface area contributed by atoms with Crippen LogP contribution in [0.2, 0.25) is 0 Å². The molecule has 0 aromatic heterocycles. The topological polar surface area (TPSA) is 48.1 Å². The van der Waals surface area contributed by atoms with Gasteiger partial charge in [-0.05, 0) is 55.2 Å². The quantitative estimate of drug-likeness (QED) is 0.640. The van der Waals surface area contributed by atoms with Crippen molar-refractivity contribution in [2.75, 3.05) is 50.7 Å². The van der Waals surface area contributed by atoms with Gasteiger partial charge >= 0.3 is 0 Å². The van der Waals surface area contributed by atoms with E-state index in [0.717, 1.165) is 38.0 Å². The predicted octanol–water partition coefficient (Wildman–Crippen LogP) is 2.77. The van der Waals surface area contributed by atoms with E-state index in [1.165, 1.54) is 56.6 Å². The molecular weight excluding hydrogens is 334 g/mol. The van der Waals surface area contributed by atoms with Crippen LogP contribution < -0.4 is 10.6 Å². The van der Waals surface area contributed by atoms with Gasteiger partial charge in [0.1, 0.15) is 0 Å². The Bertz CT molecular complexity index is 621. The van der Waals surface area contributed by atoms with Crippen molar-refractivity contribution in [1.29, 1.82) is 0 Å². The second-order valence-corrected chi connectivity index (χ2v) is 8.74. The van der Waals surface area contributed by atoms with Gasteiger partial charge in [0.05, 0.1) is 6.54 Å². The third-order valence-electron chi connectivity index (χ3n) is 6.42. The molecule has 1 aromatic carbocycles. The lowest BCUT2D eigenvalue weighted by atomic mass is 10.00. The van der Waals surface area contributed by atoms with Gasteiger partial charge in [-0.2, -0.15) is 0 Å². The van der Waals surface area contributed by atoms with E-state index in [9.17, 15) is 0 Å². The van der Waals surface area contributed by atoms with E-state index in [1.54, 1.807) is 0 Å². The molecule has 3 fully saturated rings. The number of nitrogens with two attached hydrogens (primary N) is 1. The second-order valence-electron chi connectivity index (χ2n) is 8.74. The van der Waals surface area contributed by atoms with E-state index in [1.807, 2.05) is 0 Å². The number of piperazine rings is 1. The lowest BCUT2D eigenvalue weighted by molar-refractivity contribution is 0.248. The summed E-state index contributed by atoms with van der Waals surface area (Å²) < 4.78 is 0. The minimum Gasteiger partial charge on any atom is -0.370 e. The molecule has 0 bridgehead atoms. The van der Waals surface area contributed by atoms with Crippen molar-refractivity contribution < 1.29 is 0 Å². The molecule has 4 rings (SSSR count). The molecule has 0 spiro atoms. The molecular formula is C22H35N5. The normalized spacial score (nSPS) is 23.1. The number of likely N-dealkylation sites (tertiary alicyclic amines) is 1. The molecule has 0 unspecified atom stereocenters. The number of hydrogen-bond donors (Lipinski definition) is 1. The van der Waals surface area contributed by atoms with Crippen molar-refractivity contribution in [3.8, 4) is 0 Å². The van der Waals surface area contributed by atoms with Crippen LogP contribution in [0.15, 0.2) is 29.3 Å². The van der Waals surface area contributed by atoms with E-state index in [0.29, 0.717) is 12.5 Å². The van der Waals surface area contributed by atoms with Crippen LogP contribution in [0, 0.1) is 11.8 Å². The maximum absolute atomic E-state index is 6.20. The molecule has 1 aliphatic carbocycles. The number of anilines is 1. The number of piperidine rings is 1. The third-order valence-corrected chi connectivity index (χ3v) is 6.42. The van der Waals surface area contributed by atoms with Crippen LogP contribution in [0.1, 0.15) is 38.2 Å². The average Bonchev–Trinajstić information content (AvgIpc) is 3.52. The highest BCUT2D eigenvalue weighted by Crippen LogP contribution is 2.30. The SMILES string of the molecule is CC1CCN(C(N)=NCc2ccc(N3CCN(CC4CC4)CC3)cc2)CC1. The molecule has 5 heteroatoms. The first-order valence-electron chi connectivity index (χ1n) is 10.8. The fourth-order valence-electron chi connectivity index (χ4n) is 4.18. The monoisotopic (exact) mass is 369 g/mol. The maximum atomic E-state index is 6.20. The molecule has 3 aliphatic rings. The highest BCUT2D eigenvalue weighted by Gasteiger charge is 2.26. The molecule has 2 saturated heterocycles. The zero-order valence-corrected chi connectivity index (χ0v) is 16.8. The molecule has 2 aliphatic heterocycles. The van der Waals surface area contributed by atoms with Gasteiger partial charge in [0.25, 0.3) is 0 Å². The van der Waals surface area contributed by atoms with Crippen molar-refractivity contribution in [1.82, 2.24) is 9.80 Å². The third kappa shape index (κ3) is 5.16. The van der Waals surface area contributed by atoms with Crippen molar-refractivity contribution in [3.05, 3.63) is 29.8 Å². The lowest BCUT2D eigenvalue weighted by Gasteiger charge is -2.36. The Morgan fingerprint density at radius 3 is 2.26 bits per heavy atom. The summed E-state index contributed by atoms with van der Waals surface area (Å²) in [5.74, 6) is 2.52. The minimum absolute atomic E-state index is 0.674. The molecule has 1 saturated carbocycles. The van der Waals surface area contributed by atoms with Gasteiger partial charge in [-0.1, -0.05) is 19.1 Å². The lowest BCUT2D eigenvalue weighted by Crippen LogP contribution is -2.47. The molecule has 0 radical (unpaired) electrons. The van der Waals surface area contributed by atoms with Gasteiger partial charge in [0.2, 0.25) is 0 Å². The van der Waals surface area contributed by atoms with Gasteiger partial charge in [0, 0.05) is 51.5 Å². The first-order valence-corrected chi connectivity index (χ1v) is 10.8. The Morgan fingerprint density at radius 1 is 0.963 bits per heavy atom. The van der Waals surface area contributed by atoms with Crippen LogP contribution in [0.25, 0.3) is 0 Å². The molecule has 2 heterocycles. The highest BCUT2D eigenvalue weighted by atomic mass is 15.3. The first kappa shape index (κ1) is 18.6. The average molecular weight is 370 g/mol. The molecule has 5 nitrogen and oxygen atoms in total. The Balaban J connectivity index is 1.25. The molecule has 0 amide bonds. The Morgan fingerprint density at radius 2 is 1.63 bits per heavy atom. The Hall–Kier alpha value is -1.75. The van der Waals surface area contributed by atoms with Crippen molar-refractivity contribution in [2.45, 2.75) is 39.2 Å². The van der Waals surface area contributed by atoms with Crippen LogP contribution >= 0.6 is 0 Å². The predicted molar refractivity (Wildman–Crippen MR) is 113 cm³/mol. The van der Waals surface area contributed by atoms with Crippen LogP contribution in [0.5, 0.6) is 0 Å². The largest absolute Gasteiger partial charge is 0.370 e. The van der Waals surface area contributed by atoms with Gasteiger partial charge in [-0.15, -0.1) is 0 Å². The van der Waals surface area contributed by atoms with Crippen molar-refractivity contribution >= 4 is 11.6 Å². The number of guanidine groups is 1. The van der Waals surface area contributed by atoms with Gasteiger partial charge in [-0.3, -0.25) is 4.90 Å². The van der Waals surface area contributed by atoms with E-state index in [2.05, 4.69) is 50.9 Å². The van der Waals surface area contributed by atoms with Gasteiger partial charge in [-0.25, -0.2) is 4.99 Å². The van der Waals surface area contributed by atoms with Crippen LogP contribution in [-0.2, 0) is 6.54 Å². The van der Waals surface area contributed by atoms with Crippen LogP contribution in [0.4, 0.5) is 5.69 Å². The molecule has 2 N–H and O–H groups in total. The summed E-state index contributed by atoms with van der Waals surface area (Å²) in [5, 5.41) is 0. The summed E-state index contributed by atoms with van der Waals surface area (Å²) >= 11 is 0. The van der Waals surface area contributed by atoms with E-state index in [-0.39, 0.29) is 0 Å². The van der Waals surface area contributed by atoms with Gasteiger partial charge < -0.3 is 15.5 Å². The number of benzene rings is 1. The zero-order chi connectivity index (χ0) is 18.6. The molecule has 0 atom stereocenters. The zero-order valence-electron chi connectivity index (χ0n) is 16.8. The molecule has 148 valence electrons. The summed E-state index contributed by atoms with van der Waals surface area (Å²) in [4.78, 5) is 12.0. The van der Waals surface area contributed by atoms with Crippen LogP contribution in [0.3, 0.4) is 0 Å². The molecule has 27 heavy (non-hydrogen) atoms. The maximum Gasteiger partial charge on any atom is 0.191 e. The summed E-state index contributed by atoms with van der Waals surface area (Å²) in [5.41, 5.74) is 8.78. The van der Waals surface area contributed by atoms with E-state index >= 15 is 0 Å². The van der Waals surface area contributed by atoms with Crippen molar-refractivity contribution in [2.24, 2.45) is 22.6 Å². The summed E-state index contributed by atoms with van der Waals surface area (Å²) in [6, 6.07) is 8.92. The summed E-state index contributed by atoms with van der Waals surface area (Å²) in [6.45, 7) is 11.1. The number of hydrogen-bond acceptors (Lipinski definition) is 3.